The van der Waals surface area contributed by atoms with Gasteiger partial charge in [0, 0.05) is 40.8 Å². The van der Waals surface area contributed by atoms with E-state index in [-0.39, 0.29) is 17.7 Å². The molecule has 3 amide bonds. The lowest BCUT2D eigenvalue weighted by Crippen LogP contribution is -2.34. The van der Waals surface area contributed by atoms with E-state index in [1.807, 2.05) is 13.0 Å². The van der Waals surface area contributed by atoms with Crippen molar-refractivity contribution in [1.29, 1.82) is 0 Å². The van der Waals surface area contributed by atoms with Crippen LogP contribution in [0.4, 0.5) is 5.69 Å². The monoisotopic (exact) mass is 431 g/mol. The van der Waals surface area contributed by atoms with Gasteiger partial charge in [-0.2, -0.15) is 0 Å². The average Bonchev–Trinajstić information content (AvgIpc) is 2.65. The summed E-state index contributed by atoms with van der Waals surface area (Å²) in [6.07, 6.45) is 1.25. The van der Waals surface area contributed by atoms with E-state index in [1.165, 1.54) is 0 Å². The van der Waals surface area contributed by atoms with Crippen molar-refractivity contribution in [3.05, 3.63) is 64.1 Å². The lowest BCUT2D eigenvalue weighted by molar-refractivity contribution is -0.116. The van der Waals surface area contributed by atoms with Crippen LogP contribution in [0.25, 0.3) is 0 Å². The second-order valence-corrected chi connectivity index (χ2v) is 6.81. The Morgan fingerprint density at radius 3 is 2.11 bits per heavy atom. The Morgan fingerprint density at radius 1 is 0.889 bits per heavy atom. The molecule has 0 saturated heterocycles. The number of carbonyl (C=O) groups is 3. The molecule has 0 unspecified atom stereocenters. The summed E-state index contributed by atoms with van der Waals surface area (Å²) in [7, 11) is 0. The number of nitrogens with one attached hydrogen (secondary N) is 3. The van der Waals surface area contributed by atoms with Gasteiger partial charge in [0.1, 0.15) is 0 Å². The third-order valence-electron chi connectivity index (χ3n) is 3.69. The van der Waals surface area contributed by atoms with Gasteiger partial charge in [-0.15, -0.1) is 0 Å². The number of amides is 3. The maximum absolute atomic E-state index is 12.1. The zero-order chi connectivity index (χ0) is 19.6. The Hall–Kier alpha value is -2.67. The standard InChI is InChI=1S/C20H22BrN3O3/c1-2-4-18(25)24-17-9-7-14(8-10-17)19(26)22-11-12-23-20(27)15-5-3-6-16(21)13-15/h3,5-10,13H,2,4,11-12H2,1H3,(H,22,26)(H,23,27)(H,24,25). The van der Waals surface area contributed by atoms with Gasteiger partial charge in [0.2, 0.25) is 5.91 Å². The fourth-order valence-electron chi connectivity index (χ4n) is 2.34. The van der Waals surface area contributed by atoms with Gasteiger partial charge in [0.05, 0.1) is 0 Å². The van der Waals surface area contributed by atoms with E-state index in [4.69, 9.17) is 0 Å². The SMILES string of the molecule is CCCC(=O)Nc1ccc(C(=O)NCCNC(=O)c2cccc(Br)c2)cc1. The van der Waals surface area contributed by atoms with Crippen LogP contribution >= 0.6 is 15.9 Å². The maximum atomic E-state index is 12.1. The molecule has 0 aromatic heterocycles. The molecule has 142 valence electrons. The summed E-state index contributed by atoms with van der Waals surface area (Å²) in [5.74, 6) is -0.480. The first-order valence-corrected chi connectivity index (χ1v) is 9.50. The number of benzene rings is 2. The molecule has 3 N–H and O–H groups in total. The molecule has 0 heterocycles. The molecule has 0 aliphatic heterocycles. The van der Waals surface area contributed by atoms with E-state index in [0.29, 0.717) is 36.3 Å². The third-order valence-corrected chi connectivity index (χ3v) is 4.18. The van der Waals surface area contributed by atoms with Gasteiger partial charge >= 0.3 is 0 Å². The molecule has 27 heavy (non-hydrogen) atoms. The number of carbonyl (C=O) groups excluding carboxylic acids is 3. The summed E-state index contributed by atoms with van der Waals surface area (Å²) in [5.41, 5.74) is 1.70. The second-order valence-electron chi connectivity index (χ2n) is 5.90. The molecule has 0 bridgehead atoms. The largest absolute Gasteiger partial charge is 0.350 e. The highest BCUT2D eigenvalue weighted by atomic mass is 79.9. The van der Waals surface area contributed by atoms with Crippen LogP contribution in [0, 0.1) is 0 Å². The van der Waals surface area contributed by atoms with Crippen LogP contribution in [0.3, 0.4) is 0 Å². The van der Waals surface area contributed by atoms with Crippen molar-refractivity contribution in [1.82, 2.24) is 10.6 Å². The highest BCUT2D eigenvalue weighted by Gasteiger charge is 2.08. The van der Waals surface area contributed by atoms with Gasteiger partial charge in [0.15, 0.2) is 0 Å². The summed E-state index contributed by atoms with van der Waals surface area (Å²) < 4.78 is 0.831. The minimum Gasteiger partial charge on any atom is -0.350 e. The van der Waals surface area contributed by atoms with Crippen LogP contribution in [-0.4, -0.2) is 30.8 Å². The van der Waals surface area contributed by atoms with Crippen LogP contribution < -0.4 is 16.0 Å². The molecular formula is C20H22BrN3O3. The Balaban J connectivity index is 1.75. The number of rotatable bonds is 8. The Labute approximate surface area is 166 Å². The zero-order valence-electron chi connectivity index (χ0n) is 15.0. The lowest BCUT2D eigenvalue weighted by atomic mass is 10.2. The second kappa shape index (κ2) is 10.5. The Bertz CT molecular complexity index is 806. The molecule has 0 fully saturated rings. The van der Waals surface area contributed by atoms with Gasteiger partial charge in [-0.1, -0.05) is 28.9 Å². The van der Waals surface area contributed by atoms with Crippen LogP contribution in [0.1, 0.15) is 40.5 Å². The number of hydrogen-bond acceptors (Lipinski definition) is 3. The topological polar surface area (TPSA) is 87.3 Å². The minimum absolute atomic E-state index is 0.0455. The average molecular weight is 432 g/mol. The zero-order valence-corrected chi connectivity index (χ0v) is 16.6. The summed E-state index contributed by atoms with van der Waals surface area (Å²) in [4.78, 5) is 35.7. The molecule has 0 spiro atoms. The van der Waals surface area contributed by atoms with Crippen molar-refractivity contribution in [2.45, 2.75) is 19.8 Å². The molecule has 0 saturated carbocycles. The molecule has 0 aliphatic rings. The summed E-state index contributed by atoms with van der Waals surface area (Å²) in [6, 6.07) is 13.8. The minimum atomic E-state index is -0.238. The molecule has 0 atom stereocenters. The number of anilines is 1. The van der Waals surface area contributed by atoms with E-state index >= 15 is 0 Å². The van der Waals surface area contributed by atoms with Gasteiger partial charge in [-0.3, -0.25) is 14.4 Å². The van der Waals surface area contributed by atoms with Crippen LogP contribution in [0.2, 0.25) is 0 Å². The Kier molecular flexibility index (Phi) is 8.00. The Morgan fingerprint density at radius 2 is 1.52 bits per heavy atom. The molecule has 0 radical (unpaired) electrons. The fraction of sp³-hybridized carbons (Fsp3) is 0.250. The summed E-state index contributed by atoms with van der Waals surface area (Å²) in [6.45, 7) is 2.57. The van der Waals surface area contributed by atoms with E-state index in [1.54, 1.807) is 42.5 Å². The lowest BCUT2D eigenvalue weighted by Gasteiger charge is -2.08. The molecule has 6 nitrogen and oxygen atoms in total. The smallest absolute Gasteiger partial charge is 0.251 e. The van der Waals surface area contributed by atoms with Crippen molar-refractivity contribution < 1.29 is 14.4 Å². The van der Waals surface area contributed by atoms with Crippen molar-refractivity contribution in [3.63, 3.8) is 0 Å². The maximum Gasteiger partial charge on any atom is 0.251 e. The van der Waals surface area contributed by atoms with E-state index in [9.17, 15) is 14.4 Å². The quantitative estimate of drug-likeness (QED) is 0.560. The fourth-order valence-corrected chi connectivity index (χ4v) is 2.74. The first-order chi connectivity index (χ1) is 13.0. The van der Waals surface area contributed by atoms with Crippen molar-refractivity contribution in [2.75, 3.05) is 18.4 Å². The van der Waals surface area contributed by atoms with Crippen molar-refractivity contribution in [2.24, 2.45) is 0 Å². The molecular weight excluding hydrogens is 410 g/mol. The van der Waals surface area contributed by atoms with Crippen LogP contribution in [0.15, 0.2) is 53.0 Å². The van der Waals surface area contributed by atoms with E-state index in [0.717, 1.165) is 10.9 Å². The predicted molar refractivity (Wildman–Crippen MR) is 109 cm³/mol. The predicted octanol–water partition coefficient (Wildman–Crippen LogP) is 3.35. The van der Waals surface area contributed by atoms with Gasteiger partial charge in [0.25, 0.3) is 11.8 Å². The highest BCUT2D eigenvalue weighted by Crippen LogP contribution is 2.11. The van der Waals surface area contributed by atoms with Crippen molar-refractivity contribution >= 4 is 39.3 Å². The normalized spacial score (nSPS) is 10.1. The molecule has 7 heteroatoms. The van der Waals surface area contributed by atoms with E-state index < -0.39 is 0 Å². The van der Waals surface area contributed by atoms with Crippen LogP contribution in [0.5, 0.6) is 0 Å². The third kappa shape index (κ3) is 6.86. The first-order valence-electron chi connectivity index (χ1n) is 8.71. The first kappa shape index (κ1) is 20.6. The van der Waals surface area contributed by atoms with Gasteiger partial charge in [-0.25, -0.2) is 0 Å². The molecule has 2 aromatic rings. The number of halogens is 1. The molecule has 0 aliphatic carbocycles. The van der Waals surface area contributed by atoms with Crippen LogP contribution in [-0.2, 0) is 4.79 Å². The molecule has 2 aromatic carbocycles. The highest BCUT2D eigenvalue weighted by molar-refractivity contribution is 9.10. The van der Waals surface area contributed by atoms with Gasteiger partial charge < -0.3 is 16.0 Å². The summed E-state index contributed by atoms with van der Waals surface area (Å²) >= 11 is 3.32. The number of hydrogen-bond donors (Lipinski definition) is 3. The summed E-state index contributed by atoms with van der Waals surface area (Å²) in [5, 5.41) is 8.27. The molecule has 2 rings (SSSR count). The van der Waals surface area contributed by atoms with Crippen molar-refractivity contribution in [3.8, 4) is 0 Å². The van der Waals surface area contributed by atoms with Gasteiger partial charge in [-0.05, 0) is 48.9 Å². The van der Waals surface area contributed by atoms with E-state index in [2.05, 4.69) is 31.9 Å².